The molecule has 1 atom stereocenters. The Hall–Kier alpha value is -1.82. The lowest BCUT2D eigenvalue weighted by Crippen LogP contribution is -2.29. The molecule has 0 radical (unpaired) electrons. The molecule has 0 heterocycles. The summed E-state index contributed by atoms with van der Waals surface area (Å²) in [7, 11) is 1.66. The molecule has 0 spiro atoms. The van der Waals surface area contributed by atoms with Gasteiger partial charge < -0.3 is 4.90 Å². The molecule has 3 nitrogen and oxygen atoms in total. The first-order valence-electron chi connectivity index (χ1n) is 4.91. The Bertz CT molecular complexity index is 367. The van der Waals surface area contributed by atoms with Gasteiger partial charge in [-0.15, -0.1) is 0 Å². The number of amides is 1. The van der Waals surface area contributed by atoms with Crippen LogP contribution in [0.4, 0.5) is 0 Å². The summed E-state index contributed by atoms with van der Waals surface area (Å²) in [6, 6.07) is 11.0. The lowest BCUT2D eigenvalue weighted by atomic mass is 10.1. The maximum atomic E-state index is 11.5. The number of nitriles is 1. The molecule has 0 fully saturated rings. The predicted molar refractivity (Wildman–Crippen MR) is 57.9 cm³/mol. The summed E-state index contributed by atoms with van der Waals surface area (Å²) in [5.41, 5.74) is 0.851. The standard InChI is InChI=1S/C12H14N2O/c1-3-12(15)14(2)11(9-13)10-7-5-4-6-8-10/h4-8,11H,3H2,1-2H3. The van der Waals surface area contributed by atoms with E-state index in [4.69, 9.17) is 5.26 Å². The van der Waals surface area contributed by atoms with Gasteiger partial charge in [0.2, 0.25) is 5.91 Å². The van der Waals surface area contributed by atoms with Crippen LogP contribution in [-0.2, 0) is 4.79 Å². The normalized spacial score (nSPS) is 11.5. The highest BCUT2D eigenvalue weighted by Crippen LogP contribution is 2.18. The molecule has 1 unspecified atom stereocenters. The predicted octanol–water partition coefficient (Wildman–Crippen LogP) is 2.12. The van der Waals surface area contributed by atoms with Gasteiger partial charge in [0, 0.05) is 13.5 Å². The lowest BCUT2D eigenvalue weighted by Gasteiger charge is -2.22. The van der Waals surface area contributed by atoms with Gasteiger partial charge in [-0.25, -0.2) is 0 Å². The Balaban J connectivity index is 2.91. The molecule has 1 amide bonds. The van der Waals surface area contributed by atoms with Crippen LogP contribution in [0.5, 0.6) is 0 Å². The fourth-order valence-corrected chi connectivity index (χ4v) is 1.41. The molecule has 0 N–H and O–H groups in total. The van der Waals surface area contributed by atoms with E-state index >= 15 is 0 Å². The van der Waals surface area contributed by atoms with Crippen molar-refractivity contribution >= 4 is 5.91 Å². The van der Waals surface area contributed by atoms with Gasteiger partial charge in [0.05, 0.1) is 6.07 Å². The molecule has 0 aromatic heterocycles. The lowest BCUT2D eigenvalue weighted by molar-refractivity contribution is -0.130. The van der Waals surface area contributed by atoms with Gasteiger partial charge in [0.1, 0.15) is 6.04 Å². The second kappa shape index (κ2) is 5.16. The van der Waals surface area contributed by atoms with Crippen molar-refractivity contribution < 1.29 is 4.79 Å². The maximum absolute atomic E-state index is 11.5. The summed E-state index contributed by atoms with van der Waals surface area (Å²) in [6.45, 7) is 1.79. The third kappa shape index (κ3) is 2.57. The Morgan fingerprint density at radius 2 is 2.07 bits per heavy atom. The molecule has 78 valence electrons. The van der Waals surface area contributed by atoms with Crippen LogP contribution < -0.4 is 0 Å². The third-order valence-electron chi connectivity index (χ3n) is 2.32. The van der Waals surface area contributed by atoms with Crippen LogP contribution in [0.1, 0.15) is 24.9 Å². The molecule has 1 rings (SSSR count). The van der Waals surface area contributed by atoms with Gasteiger partial charge >= 0.3 is 0 Å². The Labute approximate surface area is 89.9 Å². The maximum Gasteiger partial charge on any atom is 0.223 e. The van der Waals surface area contributed by atoms with Gasteiger partial charge in [-0.05, 0) is 5.56 Å². The smallest absolute Gasteiger partial charge is 0.223 e. The van der Waals surface area contributed by atoms with Crippen molar-refractivity contribution in [3.8, 4) is 6.07 Å². The molecule has 0 saturated heterocycles. The fraction of sp³-hybridized carbons (Fsp3) is 0.333. The first-order chi connectivity index (χ1) is 7.20. The van der Waals surface area contributed by atoms with Gasteiger partial charge in [-0.2, -0.15) is 5.26 Å². The number of carbonyl (C=O) groups is 1. The van der Waals surface area contributed by atoms with Gasteiger partial charge in [0.15, 0.2) is 0 Å². The number of nitrogens with zero attached hydrogens (tertiary/aromatic N) is 2. The number of hydrogen-bond acceptors (Lipinski definition) is 2. The van der Waals surface area contributed by atoms with Crippen LogP contribution in [0.3, 0.4) is 0 Å². The molecule has 0 aliphatic heterocycles. The summed E-state index contributed by atoms with van der Waals surface area (Å²) < 4.78 is 0. The van der Waals surface area contributed by atoms with Crippen molar-refractivity contribution in [2.45, 2.75) is 19.4 Å². The zero-order valence-electron chi connectivity index (χ0n) is 8.97. The number of benzene rings is 1. The van der Waals surface area contributed by atoms with Crippen molar-refractivity contribution in [2.24, 2.45) is 0 Å². The Morgan fingerprint density at radius 1 is 1.47 bits per heavy atom. The van der Waals surface area contributed by atoms with E-state index in [1.165, 1.54) is 4.90 Å². The van der Waals surface area contributed by atoms with Crippen molar-refractivity contribution in [3.63, 3.8) is 0 Å². The number of rotatable bonds is 3. The largest absolute Gasteiger partial charge is 0.326 e. The van der Waals surface area contributed by atoms with E-state index in [9.17, 15) is 4.79 Å². The topological polar surface area (TPSA) is 44.1 Å². The van der Waals surface area contributed by atoms with Crippen LogP contribution in [-0.4, -0.2) is 17.9 Å². The molecule has 0 bridgehead atoms. The summed E-state index contributed by atoms with van der Waals surface area (Å²) in [5.74, 6) is -0.0228. The molecule has 1 aromatic rings. The molecule has 1 aromatic carbocycles. The number of carbonyl (C=O) groups excluding carboxylic acids is 1. The van der Waals surface area contributed by atoms with Crippen molar-refractivity contribution in [2.75, 3.05) is 7.05 Å². The summed E-state index contributed by atoms with van der Waals surface area (Å²) in [4.78, 5) is 12.9. The highest BCUT2D eigenvalue weighted by molar-refractivity contribution is 5.76. The van der Waals surface area contributed by atoms with Gasteiger partial charge in [-0.1, -0.05) is 37.3 Å². The quantitative estimate of drug-likeness (QED) is 0.753. The summed E-state index contributed by atoms with van der Waals surface area (Å²) >= 11 is 0. The van der Waals surface area contributed by atoms with Crippen LogP contribution in [0, 0.1) is 11.3 Å². The van der Waals surface area contributed by atoms with E-state index in [1.54, 1.807) is 14.0 Å². The van der Waals surface area contributed by atoms with Crippen LogP contribution in [0.15, 0.2) is 30.3 Å². The van der Waals surface area contributed by atoms with Crippen LogP contribution in [0.2, 0.25) is 0 Å². The Morgan fingerprint density at radius 3 is 2.53 bits per heavy atom. The second-order valence-electron chi connectivity index (χ2n) is 3.30. The van der Waals surface area contributed by atoms with Crippen LogP contribution in [0.25, 0.3) is 0 Å². The van der Waals surface area contributed by atoms with E-state index in [-0.39, 0.29) is 5.91 Å². The third-order valence-corrected chi connectivity index (χ3v) is 2.32. The van der Waals surface area contributed by atoms with E-state index in [0.717, 1.165) is 5.56 Å². The van der Waals surface area contributed by atoms with E-state index in [2.05, 4.69) is 6.07 Å². The molecule has 3 heteroatoms. The Kier molecular flexibility index (Phi) is 3.87. The fourth-order valence-electron chi connectivity index (χ4n) is 1.41. The first-order valence-corrected chi connectivity index (χ1v) is 4.91. The highest BCUT2D eigenvalue weighted by Gasteiger charge is 2.19. The molecular formula is C12H14N2O. The zero-order chi connectivity index (χ0) is 11.3. The molecular weight excluding hydrogens is 188 g/mol. The van der Waals surface area contributed by atoms with Crippen molar-refractivity contribution in [1.82, 2.24) is 4.90 Å². The van der Waals surface area contributed by atoms with E-state index < -0.39 is 6.04 Å². The van der Waals surface area contributed by atoms with Gasteiger partial charge in [-0.3, -0.25) is 4.79 Å². The zero-order valence-corrected chi connectivity index (χ0v) is 8.97. The molecule has 0 aliphatic carbocycles. The highest BCUT2D eigenvalue weighted by atomic mass is 16.2. The van der Waals surface area contributed by atoms with E-state index in [1.807, 2.05) is 30.3 Å². The van der Waals surface area contributed by atoms with E-state index in [0.29, 0.717) is 6.42 Å². The van der Waals surface area contributed by atoms with Crippen molar-refractivity contribution in [3.05, 3.63) is 35.9 Å². The monoisotopic (exact) mass is 202 g/mol. The average Bonchev–Trinajstić information content (AvgIpc) is 2.30. The average molecular weight is 202 g/mol. The molecule has 0 aliphatic rings. The summed E-state index contributed by atoms with van der Waals surface area (Å²) in [5, 5.41) is 9.05. The molecule has 15 heavy (non-hydrogen) atoms. The minimum Gasteiger partial charge on any atom is -0.326 e. The number of hydrogen-bond donors (Lipinski definition) is 0. The second-order valence-corrected chi connectivity index (χ2v) is 3.30. The minimum atomic E-state index is -0.487. The van der Waals surface area contributed by atoms with Crippen LogP contribution >= 0.6 is 0 Å². The van der Waals surface area contributed by atoms with Gasteiger partial charge in [0.25, 0.3) is 0 Å². The summed E-state index contributed by atoms with van der Waals surface area (Å²) in [6.07, 6.45) is 0.418. The SMILES string of the molecule is CCC(=O)N(C)C(C#N)c1ccccc1. The minimum absolute atomic E-state index is 0.0228. The first kappa shape index (κ1) is 11.3. The molecule has 0 saturated carbocycles. The van der Waals surface area contributed by atoms with Crippen molar-refractivity contribution in [1.29, 1.82) is 5.26 Å².